The van der Waals surface area contributed by atoms with Crippen LogP contribution in [0.15, 0.2) is 118 Å². The Balaban J connectivity index is 1.43. The standard InChI is InChI=1S/C29H26N6S/c1-34-20-35(18-26(34)29(30)23-16-17-36-28(23)31-19-32-29)25-15-9-8-14-24(25)33-27(21-10-4-2-5-11-21)22-12-6-3-7-13-22/h2-19H,20,30H2,1H3,(H,31,32). The predicted octanol–water partition coefficient (Wildman–Crippen LogP) is 5.73. The Labute approximate surface area is 214 Å². The number of anilines is 2. The quantitative estimate of drug-likeness (QED) is 0.351. The molecular weight excluding hydrogens is 464 g/mol. The maximum Gasteiger partial charge on any atom is 0.180 e. The molecule has 0 amide bonds. The SMILES string of the molecule is CN1CN(c2ccccc2N=C(c2ccccc2)c2ccccc2)C=C1C1(N)N=CNc2sccc21. The molecule has 178 valence electrons. The fourth-order valence-electron chi connectivity index (χ4n) is 4.72. The van der Waals surface area contributed by atoms with Gasteiger partial charge in [-0.25, -0.2) is 9.98 Å². The molecule has 7 heteroatoms. The van der Waals surface area contributed by atoms with Gasteiger partial charge in [0.15, 0.2) is 5.66 Å². The third-order valence-electron chi connectivity index (χ3n) is 6.50. The number of nitrogens with one attached hydrogen (secondary N) is 1. The molecule has 1 atom stereocenters. The lowest BCUT2D eigenvalue weighted by molar-refractivity contribution is 0.365. The van der Waals surface area contributed by atoms with Gasteiger partial charge in [-0.15, -0.1) is 11.3 Å². The number of thiophene rings is 1. The Morgan fingerprint density at radius 3 is 2.33 bits per heavy atom. The van der Waals surface area contributed by atoms with Crippen molar-refractivity contribution in [1.82, 2.24) is 4.90 Å². The first-order chi connectivity index (χ1) is 17.6. The lowest BCUT2D eigenvalue weighted by Gasteiger charge is -2.33. The smallest absolute Gasteiger partial charge is 0.180 e. The highest BCUT2D eigenvalue weighted by molar-refractivity contribution is 7.14. The molecule has 0 fully saturated rings. The number of hydrogen-bond acceptors (Lipinski definition) is 7. The van der Waals surface area contributed by atoms with E-state index in [4.69, 9.17) is 10.7 Å². The molecule has 0 aliphatic carbocycles. The molecule has 6 rings (SSSR count). The largest absolute Gasteiger partial charge is 0.355 e. The Hall–Kier alpha value is -4.20. The first-order valence-electron chi connectivity index (χ1n) is 11.8. The number of para-hydroxylation sites is 2. The third kappa shape index (κ3) is 3.88. The number of fused-ring (bicyclic) bond motifs is 1. The van der Waals surface area contributed by atoms with E-state index in [1.807, 2.05) is 60.0 Å². The van der Waals surface area contributed by atoms with E-state index in [-0.39, 0.29) is 0 Å². The zero-order valence-corrected chi connectivity index (χ0v) is 20.7. The highest BCUT2D eigenvalue weighted by Crippen LogP contribution is 2.43. The summed E-state index contributed by atoms with van der Waals surface area (Å²) in [6.45, 7) is 0.648. The summed E-state index contributed by atoms with van der Waals surface area (Å²) in [5, 5.41) is 6.28. The zero-order chi connectivity index (χ0) is 24.5. The van der Waals surface area contributed by atoms with E-state index in [2.05, 4.69) is 69.8 Å². The normalized spacial score (nSPS) is 18.4. The summed E-state index contributed by atoms with van der Waals surface area (Å²) < 4.78 is 0. The van der Waals surface area contributed by atoms with Crippen LogP contribution in [0.1, 0.15) is 16.7 Å². The van der Waals surface area contributed by atoms with Crippen LogP contribution in [0, 0.1) is 0 Å². The van der Waals surface area contributed by atoms with Gasteiger partial charge in [-0.2, -0.15) is 0 Å². The molecule has 6 nitrogen and oxygen atoms in total. The van der Waals surface area contributed by atoms with Crippen molar-refractivity contribution >= 4 is 39.8 Å². The van der Waals surface area contributed by atoms with Crippen LogP contribution in [0.25, 0.3) is 0 Å². The summed E-state index contributed by atoms with van der Waals surface area (Å²) in [5.41, 5.74) is 12.9. The van der Waals surface area contributed by atoms with Crippen molar-refractivity contribution in [3.63, 3.8) is 0 Å². The van der Waals surface area contributed by atoms with Crippen LogP contribution in [0.2, 0.25) is 0 Å². The van der Waals surface area contributed by atoms with E-state index in [1.165, 1.54) is 0 Å². The topological polar surface area (TPSA) is 69.2 Å². The molecule has 4 aromatic rings. The molecule has 1 aromatic heterocycles. The van der Waals surface area contributed by atoms with Gasteiger partial charge in [0.25, 0.3) is 0 Å². The van der Waals surface area contributed by atoms with Crippen molar-refractivity contribution in [2.24, 2.45) is 15.7 Å². The first kappa shape index (κ1) is 22.3. The number of hydrogen-bond donors (Lipinski definition) is 2. The van der Waals surface area contributed by atoms with Crippen molar-refractivity contribution in [2.75, 3.05) is 23.9 Å². The highest BCUT2D eigenvalue weighted by Gasteiger charge is 2.41. The summed E-state index contributed by atoms with van der Waals surface area (Å²) in [6, 6.07) is 30.9. The van der Waals surface area contributed by atoms with Crippen LogP contribution in [-0.2, 0) is 5.66 Å². The van der Waals surface area contributed by atoms with Crippen molar-refractivity contribution in [1.29, 1.82) is 0 Å². The monoisotopic (exact) mass is 490 g/mol. The maximum absolute atomic E-state index is 6.93. The van der Waals surface area contributed by atoms with Gasteiger partial charge >= 0.3 is 0 Å². The molecule has 1 unspecified atom stereocenters. The molecule has 3 N–H and O–H groups in total. The number of aliphatic imine (C=N–C) groups is 2. The Morgan fingerprint density at radius 2 is 1.61 bits per heavy atom. The van der Waals surface area contributed by atoms with Crippen molar-refractivity contribution in [2.45, 2.75) is 5.66 Å². The lowest BCUT2D eigenvalue weighted by Crippen LogP contribution is -2.43. The van der Waals surface area contributed by atoms with Crippen LogP contribution in [-0.4, -0.2) is 30.7 Å². The fourth-order valence-corrected chi connectivity index (χ4v) is 5.54. The Morgan fingerprint density at radius 1 is 0.944 bits per heavy atom. The number of benzene rings is 3. The minimum absolute atomic E-state index is 0.648. The highest BCUT2D eigenvalue weighted by atomic mass is 32.1. The number of rotatable bonds is 5. The Bertz CT molecular complexity index is 1430. The average molecular weight is 491 g/mol. The predicted molar refractivity (Wildman–Crippen MR) is 150 cm³/mol. The molecule has 0 spiro atoms. The van der Waals surface area contributed by atoms with Crippen LogP contribution in [0.3, 0.4) is 0 Å². The molecule has 2 aliphatic rings. The molecule has 0 bridgehead atoms. The summed E-state index contributed by atoms with van der Waals surface area (Å²) in [6.07, 6.45) is 3.80. The molecule has 0 saturated heterocycles. The number of nitrogens with two attached hydrogens (primary N) is 1. The van der Waals surface area contributed by atoms with E-state index in [0.29, 0.717) is 6.67 Å². The second-order valence-electron chi connectivity index (χ2n) is 8.84. The summed E-state index contributed by atoms with van der Waals surface area (Å²) in [7, 11) is 2.05. The average Bonchev–Trinajstić information content (AvgIpc) is 3.57. The molecule has 3 heterocycles. The van der Waals surface area contributed by atoms with E-state index in [1.54, 1.807) is 17.7 Å². The van der Waals surface area contributed by atoms with Gasteiger partial charge < -0.3 is 15.1 Å². The van der Waals surface area contributed by atoms with E-state index in [9.17, 15) is 0 Å². The maximum atomic E-state index is 6.93. The summed E-state index contributed by atoms with van der Waals surface area (Å²) >= 11 is 1.63. The van der Waals surface area contributed by atoms with E-state index in [0.717, 1.165) is 44.5 Å². The molecule has 36 heavy (non-hydrogen) atoms. The van der Waals surface area contributed by atoms with Gasteiger partial charge in [0, 0.05) is 29.9 Å². The number of likely N-dealkylation sites (N-methyl/N-ethyl adjacent to an activating group) is 1. The zero-order valence-electron chi connectivity index (χ0n) is 19.9. The minimum atomic E-state index is -0.943. The molecule has 3 aromatic carbocycles. The minimum Gasteiger partial charge on any atom is -0.355 e. The van der Waals surface area contributed by atoms with Gasteiger partial charge in [0.2, 0.25) is 0 Å². The van der Waals surface area contributed by atoms with Crippen molar-refractivity contribution in [3.05, 3.63) is 125 Å². The Kier molecular flexibility index (Phi) is 5.64. The van der Waals surface area contributed by atoms with Crippen LogP contribution >= 0.6 is 11.3 Å². The van der Waals surface area contributed by atoms with Gasteiger partial charge in [-0.1, -0.05) is 72.8 Å². The van der Waals surface area contributed by atoms with Crippen molar-refractivity contribution < 1.29 is 0 Å². The molecular formula is C29H26N6S. The van der Waals surface area contributed by atoms with E-state index >= 15 is 0 Å². The van der Waals surface area contributed by atoms with Gasteiger partial charge in [0.05, 0.1) is 35.8 Å². The molecule has 0 radical (unpaired) electrons. The van der Waals surface area contributed by atoms with Crippen LogP contribution in [0.4, 0.5) is 16.4 Å². The molecule has 2 aliphatic heterocycles. The summed E-state index contributed by atoms with van der Waals surface area (Å²) in [4.78, 5) is 14.2. The number of nitrogens with zero attached hydrogens (tertiary/aromatic N) is 4. The summed E-state index contributed by atoms with van der Waals surface area (Å²) in [5.74, 6) is 0. The van der Waals surface area contributed by atoms with E-state index < -0.39 is 5.66 Å². The fraction of sp³-hybridized carbons (Fsp3) is 0.103. The second-order valence-corrected chi connectivity index (χ2v) is 9.75. The van der Waals surface area contributed by atoms with Crippen molar-refractivity contribution in [3.8, 4) is 0 Å². The van der Waals surface area contributed by atoms with Crippen LogP contribution < -0.4 is 16.0 Å². The van der Waals surface area contributed by atoms with Gasteiger partial charge in [-0.3, -0.25) is 5.73 Å². The second kappa shape index (κ2) is 9.11. The van der Waals surface area contributed by atoms with Gasteiger partial charge in [-0.05, 0) is 23.6 Å². The third-order valence-corrected chi connectivity index (χ3v) is 7.35. The van der Waals surface area contributed by atoms with Gasteiger partial charge in [0.1, 0.15) is 5.00 Å². The van der Waals surface area contributed by atoms with Crippen LogP contribution in [0.5, 0.6) is 0 Å². The first-order valence-corrected chi connectivity index (χ1v) is 12.7. The molecule has 0 saturated carbocycles. The lowest BCUT2D eigenvalue weighted by atomic mass is 9.98.